The molecule has 1 amide bonds. The maximum Gasteiger partial charge on any atom is 0.270 e. The lowest BCUT2D eigenvalue weighted by atomic mass is 10.2. The first-order valence-corrected chi connectivity index (χ1v) is 8.94. The van der Waals surface area contributed by atoms with Crippen LogP contribution in [0.25, 0.3) is 0 Å². The number of anilines is 1. The highest BCUT2D eigenvalue weighted by Gasteiger charge is 2.27. The molecular formula is C19H16BrN3O3. The lowest BCUT2D eigenvalue weighted by Gasteiger charge is -2.25. The number of hydrogen-bond acceptors (Lipinski definition) is 4. The van der Waals surface area contributed by atoms with Gasteiger partial charge in [-0.2, -0.15) is 5.10 Å². The molecule has 132 valence electrons. The number of rotatable bonds is 4. The minimum atomic E-state index is -0.707. The highest BCUT2D eigenvalue weighted by Crippen LogP contribution is 2.31. The highest BCUT2D eigenvalue weighted by atomic mass is 79.9. The maximum absolute atomic E-state index is 12.6. The van der Waals surface area contributed by atoms with Gasteiger partial charge in [0.1, 0.15) is 12.4 Å². The molecule has 0 fully saturated rings. The fourth-order valence-corrected chi connectivity index (χ4v) is 2.95. The molecule has 0 radical (unpaired) electrons. The molecule has 1 aliphatic rings. The van der Waals surface area contributed by atoms with Crippen LogP contribution in [0.5, 0.6) is 11.5 Å². The van der Waals surface area contributed by atoms with Gasteiger partial charge >= 0.3 is 0 Å². The molecular weight excluding hydrogens is 398 g/mol. The Kier molecular flexibility index (Phi) is 4.62. The normalized spacial score (nSPS) is 15.5. The first-order valence-electron chi connectivity index (χ1n) is 8.14. The molecule has 1 aromatic heterocycles. The summed E-state index contributed by atoms with van der Waals surface area (Å²) in [6.07, 6.45) is 0.947. The summed E-state index contributed by atoms with van der Waals surface area (Å²) in [4.78, 5) is 12.6. The average Bonchev–Trinajstić information content (AvgIpc) is 3.10. The number of fused-ring (bicyclic) bond motifs is 1. The van der Waals surface area contributed by atoms with E-state index in [9.17, 15) is 4.79 Å². The summed E-state index contributed by atoms with van der Waals surface area (Å²) in [5.74, 6) is 1.57. The Morgan fingerprint density at radius 1 is 1.15 bits per heavy atom. The van der Waals surface area contributed by atoms with Crippen molar-refractivity contribution in [1.82, 2.24) is 9.78 Å². The van der Waals surface area contributed by atoms with Crippen LogP contribution in [0.15, 0.2) is 65.3 Å². The van der Waals surface area contributed by atoms with Crippen LogP contribution in [0.3, 0.4) is 0 Å². The molecule has 2 heterocycles. The zero-order valence-corrected chi connectivity index (χ0v) is 15.3. The molecule has 3 aromatic rings. The molecule has 1 atom stereocenters. The lowest BCUT2D eigenvalue weighted by molar-refractivity contribution is -0.125. The standard InChI is InChI=1S/C19H16BrN3O3/c20-14-7-5-13(6-8-14)11-23-18(9-10-21-23)22-19(24)17-12-25-15-3-1-2-4-16(15)26-17/h1-10,17H,11-12H2,(H,22,24)/t17-/m1/s1. The Bertz CT molecular complexity index is 924. The quantitative estimate of drug-likeness (QED) is 0.710. The van der Waals surface area contributed by atoms with Gasteiger partial charge in [0.15, 0.2) is 11.5 Å². The second kappa shape index (κ2) is 7.21. The second-order valence-corrected chi connectivity index (χ2v) is 6.77. The molecule has 1 N–H and O–H groups in total. The molecule has 0 saturated carbocycles. The van der Waals surface area contributed by atoms with Crippen molar-refractivity contribution in [3.63, 3.8) is 0 Å². The zero-order chi connectivity index (χ0) is 17.9. The van der Waals surface area contributed by atoms with Crippen LogP contribution in [-0.4, -0.2) is 28.4 Å². The number of halogens is 1. The fraction of sp³-hybridized carbons (Fsp3) is 0.158. The summed E-state index contributed by atoms with van der Waals surface area (Å²) >= 11 is 3.42. The number of benzene rings is 2. The monoisotopic (exact) mass is 413 g/mol. The summed E-state index contributed by atoms with van der Waals surface area (Å²) in [5.41, 5.74) is 1.08. The Morgan fingerprint density at radius 3 is 2.73 bits per heavy atom. The SMILES string of the molecule is O=C(Nc1ccnn1Cc1ccc(Br)cc1)[C@H]1COc2ccccc2O1. The largest absolute Gasteiger partial charge is 0.485 e. The summed E-state index contributed by atoms with van der Waals surface area (Å²) in [7, 11) is 0. The van der Waals surface area contributed by atoms with E-state index in [-0.39, 0.29) is 12.5 Å². The first kappa shape index (κ1) is 16.7. The van der Waals surface area contributed by atoms with Gasteiger partial charge in [-0.05, 0) is 29.8 Å². The van der Waals surface area contributed by atoms with Crippen molar-refractivity contribution in [2.75, 3.05) is 11.9 Å². The van der Waals surface area contributed by atoms with Crippen molar-refractivity contribution in [3.8, 4) is 11.5 Å². The molecule has 0 aliphatic carbocycles. The molecule has 2 aromatic carbocycles. The molecule has 0 unspecified atom stereocenters. The number of aromatic nitrogens is 2. The lowest BCUT2D eigenvalue weighted by Crippen LogP contribution is -2.40. The minimum absolute atomic E-state index is 0.170. The van der Waals surface area contributed by atoms with Gasteiger partial charge in [0, 0.05) is 10.5 Å². The molecule has 6 nitrogen and oxygen atoms in total. The van der Waals surface area contributed by atoms with E-state index in [1.165, 1.54) is 0 Å². The van der Waals surface area contributed by atoms with Crippen LogP contribution in [0.2, 0.25) is 0 Å². The van der Waals surface area contributed by atoms with Gasteiger partial charge in [-0.1, -0.05) is 40.2 Å². The predicted octanol–water partition coefficient (Wildman–Crippen LogP) is 3.47. The number of carbonyl (C=O) groups is 1. The van der Waals surface area contributed by atoms with Gasteiger partial charge in [0.05, 0.1) is 12.7 Å². The van der Waals surface area contributed by atoms with Gasteiger partial charge in [0.25, 0.3) is 5.91 Å². The third kappa shape index (κ3) is 3.57. The number of para-hydroxylation sites is 2. The van der Waals surface area contributed by atoms with Crippen molar-refractivity contribution >= 4 is 27.7 Å². The van der Waals surface area contributed by atoms with Crippen molar-refractivity contribution in [2.45, 2.75) is 12.6 Å². The number of nitrogens with zero attached hydrogens (tertiary/aromatic N) is 2. The second-order valence-electron chi connectivity index (χ2n) is 5.85. The molecule has 0 saturated heterocycles. The number of carbonyl (C=O) groups excluding carboxylic acids is 1. The van der Waals surface area contributed by atoms with E-state index in [2.05, 4.69) is 26.3 Å². The highest BCUT2D eigenvalue weighted by molar-refractivity contribution is 9.10. The third-order valence-electron chi connectivity index (χ3n) is 4.01. The van der Waals surface area contributed by atoms with Crippen LogP contribution < -0.4 is 14.8 Å². The van der Waals surface area contributed by atoms with Crippen molar-refractivity contribution in [2.24, 2.45) is 0 Å². The summed E-state index contributed by atoms with van der Waals surface area (Å²) in [5, 5.41) is 7.16. The van der Waals surface area contributed by atoms with Crippen LogP contribution in [0.4, 0.5) is 5.82 Å². The van der Waals surface area contributed by atoms with Crippen molar-refractivity contribution in [3.05, 3.63) is 70.8 Å². The molecule has 26 heavy (non-hydrogen) atoms. The molecule has 0 spiro atoms. The van der Waals surface area contributed by atoms with E-state index >= 15 is 0 Å². The van der Waals surface area contributed by atoms with Crippen LogP contribution in [-0.2, 0) is 11.3 Å². The van der Waals surface area contributed by atoms with Gasteiger partial charge < -0.3 is 14.8 Å². The number of ether oxygens (including phenoxy) is 2. The first-order chi connectivity index (χ1) is 12.7. The molecule has 7 heteroatoms. The third-order valence-corrected chi connectivity index (χ3v) is 4.54. The summed E-state index contributed by atoms with van der Waals surface area (Å²) in [6, 6.07) is 17.0. The van der Waals surface area contributed by atoms with Gasteiger partial charge in [-0.15, -0.1) is 0 Å². The van der Waals surface area contributed by atoms with E-state index in [0.29, 0.717) is 23.9 Å². The summed E-state index contributed by atoms with van der Waals surface area (Å²) < 4.78 is 14.1. The fourth-order valence-electron chi connectivity index (χ4n) is 2.68. The summed E-state index contributed by atoms with van der Waals surface area (Å²) in [6.45, 7) is 0.727. The maximum atomic E-state index is 12.6. The zero-order valence-electron chi connectivity index (χ0n) is 13.8. The Balaban J connectivity index is 1.44. The van der Waals surface area contributed by atoms with Gasteiger partial charge in [-0.25, -0.2) is 4.68 Å². The smallest absolute Gasteiger partial charge is 0.270 e. The predicted molar refractivity (Wildman–Crippen MR) is 100 cm³/mol. The van der Waals surface area contributed by atoms with Crippen LogP contribution in [0, 0.1) is 0 Å². The Hall–Kier alpha value is -2.80. The van der Waals surface area contributed by atoms with Gasteiger partial charge in [0.2, 0.25) is 6.10 Å². The molecule has 1 aliphatic heterocycles. The van der Waals surface area contributed by atoms with Crippen molar-refractivity contribution < 1.29 is 14.3 Å². The van der Waals surface area contributed by atoms with Crippen LogP contribution in [0.1, 0.15) is 5.56 Å². The molecule has 4 rings (SSSR count). The minimum Gasteiger partial charge on any atom is -0.485 e. The number of amides is 1. The Labute approximate surface area is 158 Å². The van der Waals surface area contributed by atoms with Crippen molar-refractivity contribution in [1.29, 1.82) is 0 Å². The van der Waals surface area contributed by atoms with Gasteiger partial charge in [-0.3, -0.25) is 4.79 Å². The number of nitrogens with one attached hydrogen (secondary N) is 1. The average molecular weight is 414 g/mol. The Morgan fingerprint density at radius 2 is 1.92 bits per heavy atom. The van der Waals surface area contributed by atoms with Crippen LogP contribution >= 0.6 is 15.9 Å². The van der Waals surface area contributed by atoms with E-state index in [1.807, 2.05) is 42.5 Å². The van der Waals surface area contributed by atoms with E-state index in [0.717, 1.165) is 10.0 Å². The van der Waals surface area contributed by atoms with E-state index in [4.69, 9.17) is 9.47 Å². The number of hydrogen-bond donors (Lipinski definition) is 1. The van der Waals surface area contributed by atoms with E-state index in [1.54, 1.807) is 23.0 Å². The van der Waals surface area contributed by atoms with E-state index < -0.39 is 6.10 Å². The topological polar surface area (TPSA) is 65.4 Å². The molecule has 0 bridgehead atoms.